The van der Waals surface area contributed by atoms with E-state index in [2.05, 4.69) is 10.6 Å². The predicted octanol–water partition coefficient (Wildman–Crippen LogP) is 4.72. The lowest BCUT2D eigenvalue weighted by Gasteiger charge is -2.20. The molecule has 4 aromatic rings. The van der Waals surface area contributed by atoms with E-state index in [4.69, 9.17) is 9.47 Å². The predicted molar refractivity (Wildman–Crippen MR) is 145 cm³/mol. The Morgan fingerprint density at radius 3 is 1.44 bits per heavy atom. The number of carbonyl (C=O) groups is 4. The Bertz CT molecular complexity index is 1390. The fraction of sp³-hybridized carbons (Fsp3) is 0.133. The van der Waals surface area contributed by atoms with E-state index < -0.39 is 35.8 Å². The normalized spacial score (nSPS) is 18.6. The second-order valence-electron chi connectivity index (χ2n) is 8.82. The molecule has 2 amide bonds. The quantitative estimate of drug-likeness (QED) is 0.356. The number of carbonyl (C=O) groups excluding carboxylic acids is 4. The molecule has 0 radical (unpaired) electrons. The van der Waals surface area contributed by atoms with Gasteiger partial charge in [-0.2, -0.15) is 0 Å². The van der Waals surface area contributed by atoms with Gasteiger partial charge in [-0.1, -0.05) is 66.7 Å². The van der Waals surface area contributed by atoms with Crippen molar-refractivity contribution in [1.29, 1.82) is 0 Å². The van der Waals surface area contributed by atoms with Gasteiger partial charge < -0.3 is 20.1 Å². The Morgan fingerprint density at radius 2 is 1.00 bits per heavy atom. The molecular formula is C30H24N2O6S. The molecule has 0 spiro atoms. The van der Waals surface area contributed by atoms with Gasteiger partial charge in [-0.15, -0.1) is 11.3 Å². The van der Waals surface area contributed by atoms with Crippen molar-refractivity contribution in [3.05, 3.63) is 129 Å². The highest BCUT2D eigenvalue weighted by Crippen LogP contribution is 2.22. The minimum atomic E-state index is -0.647. The fourth-order valence-corrected chi connectivity index (χ4v) is 4.91. The van der Waals surface area contributed by atoms with Crippen LogP contribution in [0, 0.1) is 0 Å². The molecule has 1 aromatic heterocycles. The van der Waals surface area contributed by atoms with Gasteiger partial charge >= 0.3 is 11.9 Å². The van der Waals surface area contributed by atoms with Crippen LogP contribution in [-0.2, 0) is 9.47 Å². The van der Waals surface area contributed by atoms with Crippen LogP contribution in [0.1, 0.15) is 63.3 Å². The number of esters is 2. The second kappa shape index (κ2) is 11.7. The van der Waals surface area contributed by atoms with Gasteiger partial charge in [0.15, 0.2) is 0 Å². The van der Waals surface area contributed by atoms with Crippen molar-refractivity contribution >= 4 is 35.1 Å². The maximum atomic E-state index is 13.2. The minimum Gasteiger partial charge on any atom is -0.459 e. The van der Waals surface area contributed by atoms with Gasteiger partial charge in [0.05, 0.1) is 12.1 Å². The van der Waals surface area contributed by atoms with Gasteiger partial charge in [0.25, 0.3) is 11.8 Å². The summed E-state index contributed by atoms with van der Waals surface area (Å²) in [7, 11) is 0. The lowest BCUT2D eigenvalue weighted by Crippen LogP contribution is -2.33. The summed E-state index contributed by atoms with van der Waals surface area (Å²) in [4.78, 5) is 52.5. The van der Waals surface area contributed by atoms with Crippen LogP contribution < -0.4 is 10.6 Å². The van der Waals surface area contributed by atoms with Crippen molar-refractivity contribution in [3.63, 3.8) is 0 Å². The lowest BCUT2D eigenvalue weighted by molar-refractivity contribution is 0.0458. The zero-order valence-electron chi connectivity index (χ0n) is 20.7. The highest BCUT2D eigenvalue weighted by atomic mass is 32.1. The van der Waals surface area contributed by atoms with Gasteiger partial charge in [0.2, 0.25) is 0 Å². The molecule has 39 heavy (non-hydrogen) atoms. The third kappa shape index (κ3) is 6.22. The monoisotopic (exact) mass is 540 g/mol. The zero-order valence-corrected chi connectivity index (χ0v) is 21.5. The molecule has 0 aliphatic carbocycles. The molecule has 2 N–H and O–H groups in total. The topological polar surface area (TPSA) is 111 Å². The molecule has 4 bridgehead atoms. The summed E-state index contributed by atoms with van der Waals surface area (Å²) >= 11 is 0.950. The van der Waals surface area contributed by atoms with Gasteiger partial charge in [-0.05, 0) is 41.5 Å². The van der Waals surface area contributed by atoms with E-state index in [0.717, 1.165) is 22.5 Å². The van der Waals surface area contributed by atoms with E-state index in [1.807, 2.05) is 60.7 Å². The van der Waals surface area contributed by atoms with Crippen molar-refractivity contribution in [2.75, 3.05) is 13.2 Å². The van der Waals surface area contributed by atoms with E-state index in [9.17, 15) is 19.2 Å². The maximum Gasteiger partial charge on any atom is 0.348 e. The molecule has 0 saturated carbocycles. The molecule has 9 heteroatoms. The van der Waals surface area contributed by atoms with E-state index in [-0.39, 0.29) is 34.1 Å². The molecule has 0 fully saturated rings. The molecule has 0 saturated heterocycles. The summed E-state index contributed by atoms with van der Waals surface area (Å²) in [6, 6.07) is 26.2. The first-order chi connectivity index (χ1) is 19.0. The summed E-state index contributed by atoms with van der Waals surface area (Å²) in [6.45, 7) is -0.267. The zero-order chi connectivity index (χ0) is 27.2. The van der Waals surface area contributed by atoms with Crippen molar-refractivity contribution in [2.45, 2.75) is 12.1 Å². The average molecular weight is 541 g/mol. The number of ether oxygens (including phenoxy) is 2. The Hall–Kier alpha value is -4.76. The molecule has 1 aliphatic rings. The third-order valence-corrected chi connectivity index (χ3v) is 7.22. The largest absolute Gasteiger partial charge is 0.459 e. The average Bonchev–Trinajstić information content (AvgIpc) is 3.48. The molecular weight excluding hydrogens is 516 g/mol. The second-order valence-corrected chi connectivity index (χ2v) is 9.90. The molecule has 8 nitrogen and oxygen atoms in total. The number of hydrogen-bond donors (Lipinski definition) is 2. The van der Waals surface area contributed by atoms with Crippen LogP contribution in [-0.4, -0.2) is 37.0 Å². The number of fused-ring (bicyclic) bond motifs is 4. The van der Waals surface area contributed by atoms with Gasteiger partial charge in [0, 0.05) is 11.1 Å². The van der Waals surface area contributed by atoms with Crippen LogP contribution in [0.15, 0.2) is 97.1 Å². The van der Waals surface area contributed by atoms with Crippen LogP contribution in [0.3, 0.4) is 0 Å². The number of benzene rings is 3. The van der Waals surface area contributed by atoms with Crippen LogP contribution >= 0.6 is 11.3 Å². The van der Waals surface area contributed by atoms with Crippen LogP contribution in [0.25, 0.3) is 0 Å². The summed E-state index contributed by atoms with van der Waals surface area (Å²) in [6.07, 6.45) is 0. The number of amides is 2. The third-order valence-electron chi connectivity index (χ3n) is 6.17. The van der Waals surface area contributed by atoms with E-state index in [1.165, 1.54) is 18.2 Å². The Kier molecular flexibility index (Phi) is 7.79. The molecule has 2 heterocycles. The smallest absolute Gasteiger partial charge is 0.348 e. The van der Waals surface area contributed by atoms with Crippen molar-refractivity contribution < 1.29 is 28.7 Å². The number of rotatable bonds is 2. The molecule has 1 aliphatic heterocycles. The first-order valence-corrected chi connectivity index (χ1v) is 13.1. The van der Waals surface area contributed by atoms with Crippen LogP contribution in [0.4, 0.5) is 0 Å². The first-order valence-electron chi connectivity index (χ1n) is 12.2. The minimum absolute atomic E-state index is 0.134. The summed E-state index contributed by atoms with van der Waals surface area (Å²) < 4.78 is 11.0. The molecule has 0 unspecified atom stereocenters. The summed E-state index contributed by atoms with van der Waals surface area (Å²) in [5, 5.41) is 5.81. The molecule has 5 rings (SSSR count). The van der Waals surface area contributed by atoms with Crippen molar-refractivity contribution in [2.24, 2.45) is 0 Å². The Morgan fingerprint density at radius 1 is 0.564 bits per heavy atom. The van der Waals surface area contributed by atoms with Crippen LogP contribution in [0.5, 0.6) is 0 Å². The maximum absolute atomic E-state index is 13.2. The Labute approximate surface area is 228 Å². The van der Waals surface area contributed by atoms with Crippen molar-refractivity contribution in [1.82, 2.24) is 10.6 Å². The van der Waals surface area contributed by atoms with Crippen LogP contribution in [0.2, 0.25) is 0 Å². The number of thiophene rings is 1. The molecule has 3 aromatic carbocycles. The highest BCUT2D eigenvalue weighted by molar-refractivity contribution is 7.15. The molecule has 196 valence electrons. The Balaban J connectivity index is 1.49. The van der Waals surface area contributed by atoms with Gasteiger partial charge in [-0.25, -0.2) is 9.59 Å². The summed E-state index contributed by atoms with van der Waals surface area (Å²) in [5.41, 5.74) is 2.01. The number of hydrogen-bond acceptors (Lipinski definition) is 7. The standard InChI is InChI=1S/C30H24N2O6S/c33-27-21-12-7-13-22(16-21)28(34)32-24(20-10-5-2-6-11-20)18-38-30(36)26-15-14-25(39-26)29(35)37-17-23(31-27)19-8-3-1-4-9-19/h1-16,23-24H,17-18H2,(H,31,33)(H,32,34)/t23-,24-/m0/s1. The number of nitrogens with one attached hydrogen (secondary N) is 2. The number of cyclic esters (lactones) is 2. The first kappa shape index (κ1) is 25.9. The highest BCUT2D eigenvalue weighted by Gasteiger charge is 2.24. The van der Waals surface area contributed by atoms with E-state index in [1.54, 1.807) is 18.2 Å². The lowest BCUT2D eigenvalue weighted by atomic mass is 10.0. The van der Waals surface area contributed by atoms with E-state index in [0.29, 0.717) is 0 Å². The fourth-order valence-electron chi connectivity index (χ4n) is 4.12. The van der Waals surface area contributed by atoms with Crippen molar-refractivity contribution in [3.8, 4) is 0 Å². The SMILES string of the molecule is O=C1N[C@H](c2ccccc2)COC(=O)c2ccc(s2)C(=O)OC[C@@H](c2ccccc2)NC(=O)c2cccc1c2. The van der Waals surface area contributed by atoms with Gasteiger partial charge in [-0.3, -0.25) is 9.59 Å². The summed E-state index contributed by atoms with van der Waals surface area (Å²) in [5.74, 6) is -2.09. The van der Waals surface area contributed by atoms with Gasteiger partial charge in [0.1, 0.15) is 23.0 Å². The van der Waals surface area contributed by atoms with E-state index >= 15 is 0 Å². The molecule has 2 atom stereocenters.